The summed E-state index contributed by atoms with van der Waals surface area (Å²) in [6.07, 6.45) is -1.45. The summed E-state index contributed by atoms with van der Waals surface area (Å²) in [7, 11) is 0. The predicted molar refractivity (Wildman–Crippen MR) is 30.2 cm³/mol. The first kappa shape index (κ1) is 7.63. The summed E-state index contributed by atoms with van der Waals surface area (Å²) in [5, 5.41) is 44.7. The molecule has 0 radical (unpaired) electrons. The second-order valence-corrected chi connectivity index (χ2v) is 1.84. The number of aliphatic hydroxyl groups excluding tert-OH is 1. The smallest absolute Gasteiger partial charge is 0.374 e. The van der Waals surface area contributed by atoms with Crippen LogP contribution >= 0.6 is 0 Å². The minimum absolute atomic E-state index is 0.102. The molecule has 0 saturated heterocycles. The lowest BCUT2D eigenvalue weighted by atomic mass is 10.7. The minimum Gasteiger partial charge on any atom is -0.708 e. The molecule has 0 aliphatic rings. The predicted octanol–water partition coefficient (Wildman–Crippen LogP) is -2.03. The van der Waals surface area contributed by atoms with E-state index in [2.05, 4.69) is 0 Å². The Bertz CT molecular complexity index is 268. The van der Waals surface area contributed by atoms with Crippen molar-refractivity contribution in [3.8, 4) is 11.8 Å². The molecular weight excluding hydrogens is 156 g/mol. The van der Waals surface area contributed by atoms with Crippen LogP contribution in [0.2, 0.25) is 0 Å². The van der Waals surface area contributed by atoms with Crippen LogP contribution in [0.3, 0.4) is 0 Å². The molecule has 1 heterocycles. The number of hydrogen-bond donors (Lipinski definition) is 4. The number of nitrogens with zero attached hydrogens (tertiary/aromatic N) is 2. The molecule has 1 rings (SSSR count). The molecule has 0 unspecified atom stereocenters. The molecule has 0 bridgehead atoms. The maximum Gasteiger partial charge on any atom is 0.374 e. The Morgan fingerprint density at radius 3 is 2.18 bits per heavy atom. The molecule has 7 heteroatoms. The topological polar surface area (TPSA) is 113 Å². The van der Waals surface area contributed by atoms with E-state index in [0.29, 0.717) is 10.9 Å². The van der Waals surface area contributed by atoms with Gasteiger partial charge >= 0.3 is 18.2 Å². The van der Waals surface area contributed by atoms with Gasteiger partial charge in [-0.2, -0.15) is 4.73 Å². The number of hydrogen-bond acceptors (Lipinski definition) is 5. The van der Waals surface area contributed by atoms with E-state index in [1.165, 1.54) is 0 Å². The lowest BCUT2D eigenvalue weighted by Gasteiger charge is -1.95. The van der Waals surface area contributed by atoms with Crippen molar-refractivity contribution in [2.45, 2.75) is 6.41 Å². The largest absolute Gasteiger partial charge is 0.708 e. The average Bonchev–Trinajstić information content (AvgIpc) is 2.17. The molecule has 0 fully saturated rings. The Labute approximate surface area is 60.6 Å². The Morgan fingerprint density at radius 1 is 1.45 bits per heavy atom. The van der Waals surface area contributed by atoms with Crippen molar-refractivity contribution >= 4 is 0 Å². The summed E-state index contributed by atoms with van der Waals surface area (Å²) >= 11 is 0. The van der Waals surface area contributed by atoms with E-state index in [1.54, 1.807) is 0 Å². The van der Waals surface area contributed by atoms with Gasteiger partial charge in [-0.25, -0.2) is 0 Å². The molecule has 62 valence electrons. The third kappa shape index (κ3) is 1.06. The van der Waals surface area contributed by atoms with Gasteiger partial charge in [-0.3, -0.25) is 0 Å². The standard InChI is InChI=1S/C4H6N2O5/c7-2-3(8)6(11)1-5(2)4(9)10/h1,4,7-10H. The maximum absolute atomic E-state index is 10.4. The van der Waals surface area contributed by atoms with Gasteiger partial charge in [0.2, 0.25) is 0 Å². The highest BCUT2D eigenvalue weighted by molar-refractivity contribution is 5.17. The highest BCUT2D eigenvalue weighted by Gasteiger charge is 2.22. The molecule has 0 amide bonds. The molecule has 11 heavy (non-hydrogen) atoms. The van der Waals surface area contributed by atoms with E-state index < -0.39 is 18.2 Å². The van der Waals surface area contributed by atoms with Crippen molar-refractivity contribution in [1.29, 1.82) is 0 Å². The van der Waals surface area contributed by atoms with Gasteiger partial charge in [0.25, 0.3) is 6.33 Å². The van der Waals surface area contributed by atoms with Gasteiger partial charge in [0.05, 0.1) is 0 Å². The Morgan fingerprint density at radius 2 is 2.00 bits per heavy atom. The number of aliphatic hydroxyl groups is 2. The molecule has 0 saturated carbocycles. The molecule has 7 nitrogen and oxygen atoms in total. The van der Waals surface area contributed by atoms with E-state index in [4.69, 9.17) is 20.4 Å². The van der Waals surface area contributed by atoms with Crippen LogP contribution in [0.1, 0.15) is 6.41 Å². The van der Waals surface area contributed by atoms with Gasteiger partial charge in [-0.15, -0.1) is 4.57 Å². The van der Waals surface area contributed by atoms with Crippen molar-refractivity contribution in [1.82, 2.24) is 4.57 Å². The monoisotopic (exact) mass is 162 g/mol. The fourth-order valence-electron chi connectivity index (χ4n) is 0.605. The number of aromatic hydroxyl groups is 2. The molecule has 0 aliphatic heterocycles. The lowest BCUT2D eigenvalue weighted by molar-refractivity contribution is -0.613. The van der Waals surface area contributed by atoms with Gasteiger partial charge in [0, 0.05) is 0 Å². The molecule has 0 aromatic carbocycles. The zero-order chi connectivity index (χ0) is 8.59. The first-order valence-corrected chi connectivity index (χ1v) is 2.62. The van der Waals surface area contributed by atoms with E-state index >= 15 is 0 Å². The second kappa shape index (κ2) is 2.29. The maximum atomic E-state index is 10.4. The fourth-order valence-corrected chi connectivity index (χ4v) is 0.605. The van der Waals surface area contributed by atoms with Crippen LogP contribution in [0.25, 0.3) is 0 Å². The quantitative estimate of drug-likeness (QED) is 0.216. The molecular formula is C4H6N2O5. The Hall–Kier alpha value is -1.47. The molecule has 0 atom stereocenters. The Balaban J connectivity index is 3.19. The highest BCUT2D eigenvalue weighted by atomic mass is 16.5. The van der Waals surface area contributed by atoms with E-state index in [0.717, 1.165) is 0 Å². The average molecular weight is 162 g/mol. The summed E-state index contributed by atoms with van der Waals surface area (Å²) in [6, 6.07) is 0. The lowest BCUT2D eigenvalue weighted by Crippen LogP contribution is -2.23. The van der Waals surface area contributed by atoms with Crippen LogP contribution in [-0.2, 0) is 0 Å². The van der Waals surface area contributed by atoms with Crippen LogP contribution in [0.4, 0.5) is 0 Å². The van der Waals surface area contributed by atoms with Crippen LogP contribution in [-0.4, -0.2) is 25.0 Å². The molecule has 1 aromatic heterocycles. The van der Waals surface area contributed by atoms with E-state index in [9.17, 15) is 5.21 Å². The second-order valence-electron chi connectivity index (χ2n) is 1.84. The first-order valence-electron chi connectivity index (χ1n) is 2.62. The summed E-state index contributed by atoms with van der Waals surface area (Å²) in [6.45, 7) is 0. The van der Waals surface area contributed by atoms with Gasteiger partial charge in [-0.05, 0) is 0 Å². The summed E-state index contributed by atoms with van der Waals surface area (Å²) in [5.41, 5.74) is 0. The fraction of sp³-hybridized carbons (Fsp3) is 0.250. The summed E-state index contributed by atoms with van der Waals surface area (Å²) in [5.74, 6) is -1.87. The highest BCUT2D eigenvalue weighted by Crippen LogP contribution is 2.21. The van der Waals surface area contributed by atoms with Crippen LogP contribution in [0, 0.1) is 5.21 Å². The van der Waals surface area contributed by atoms with Crippen molar-refractivity contribution in [3.05, 3.63) is 11.5 Å². The summed E-state index contributed by atoms with van der Waals surface area (Å²) < 4.78 is 0.289. The van der Waals surface area contributed by atoms with Crippen molar-refractivity contribution in [2.24, 2.45) is 0 Å². The van der Waals surface area contributed by atoms with Crippen molar-refractivity contribution in [2.75, 3.05) is 0 Å². The minimum atomic E-state index is -2.05. The SMILES string of the molecule is [O-][n+]1cn(C(O)O)c(O)c1O. The molecule has 0 aliphatic carbocycles. The third-order valence-electron chi connectivity index (χ3n) is 1.13. The zero-order valence-electron chi connectivity index (χ0n) is 5.25. The van der Waals surface area contributed by atoms with Gasteiger partial charge < -0.3 is 25.6 Å². The molecule has 1 aromatic rings. The molecule has 0 spiro atoms. The zero-order valence-corrected chi connectivity index (χ0v) is 5.25. The van der Waals surface area contributed by atoms with Gasteiger partial charge in [0.15, 0.2) is 0 Å². The first-order chi connectivity index (χ1) is 5.04. The Kier molecular flexibility index (Phi) is 1.59. The number of aromatic nitrogens is 2. The third-order valence-corrected chi connectivity index (χ3v) is 1.13. The van der Waals surface area contributed by atoms with E-state index in [1.807, 2.05) is 0 Å². The van der Waals surface area contributed by atoms with Crippen LogP contribution in [0.15, 0.2) is 6.33 Å². The van der Waals surface area contributed by atoms with Gasteiger partial charge in [-0.1, -0.05) is 0 Å². The van der Waals surface area contributed by atoms with Crippen LogP contribution < -0.4 is 4.73 Å². The van der Waals surface area contributed by atoms with Crippen molar-refractivity contribution < 1.29 is 25.2 Å². The number of rotatable bonds is 1. The molecule has 4 N–H and O–H groups in total. The number of imidazole rings is 1. The summed E-state index contributed by atoms with van der Waals surface area (Å²) in [4.78, 5) is 0. The van der Waals surface area contributed by atoms with Gasteiger partial charge in [0.1, 0.15) is 0 Å². The van der Waals surface area contributed by atoms with Crippen molar-refractivity contribution in [3.63, 3.8) is 0 Å². The van der Waals surface area contributed by atoms with Crippen LogP contribution in [0.5, 0.6) is 11.8 Å². The van der Waals surface area contributed by atoms with E-state index in [-0.39, 0.29) is 4.73 Å². The normalized spacial score (nSPS) is 10.8.